The van der Waals surface area contributed by atoms with Gasteiger partial charge in [0.25, 0.3) is 0 Å². The van der Waals surface area contributed by atoms with Crippen molar-refractivity contribution in [3.05, 3.63) is 41.0 Å². The van der Waals surface area contributed by atoms with E-state index in [0.29, 0.717) is 11.7 Å². The molecule has 0 unspecified atom stereocenters. The van der Waals surface area contributed by atoms with Gasteiger partial charge in [0.05, 0.1) is 11.9 Å². The summed E-state index contributed by atoms with van der Waals surface area (Å²) in [6.45, 7) is 10.3. The number of nitrogens with one attached hydrogen (secondary N) is 1. The van der Waals surface area contributed by atoms with Crippen LogP contribution in [0, 0.1) is 13.8 Å². The van der Waals surface area contributed by atoms with Crippen LogP contribution < -0.4 is 5.32 Å². The Labute approximate surface area is 159 Å². The van der Waals surface area contributed by atoms with Crippen LogP contribution in [0.2, 0.25) is 0 Å². The normalized spacial score (nSPS) is 11.1. The number of carbonyl (C=O) groups is 1. The largest absolute Gasteiger partial charge is 0.348 e. The van der Waals surface area contributed by atoms with Crippen LogP contribution in [-0.2, 0) is 24.4 Å². The lowest BCUT2D eigenvalue weighted by atomic mass is 10.2. The van der Waals surface area contributed by atoms with Gasteiger partial charge in [0.1, 0.15) is 0 Å². The van der Waals surface area contributed by atoms with Gasteiger partial charge in [0.2, 0.25) is 5.91 Å². The van der Waals surface area contributed by atoms with Gasteiger partial charge in [-0.1, -0.05) is 0 Å². The van der Waals surface area contributed by atoms with Crippen LogP contribution in [0.15, 0.2) is 18.5 Å². The van der Waals surface area contributed by atoms with E-state index < -0.39 is 0 Å². The molecule has 0 spiro atoms. The summed E-state index contributed by atoms with van der Waals surface area (Å²) in [6.07, 6.45) is 6.78. The summed E-state index contributed by atoms with van der Waals surface area (Å²) < 4.78 is 3.77. The molecule has 0 aliphatic heterocycles. The van der Waals surface area contributed by atoms with E-state index in [2.05, 4.69) is 22.4 Å². The van der Waals surface area contributed by atoms with Gasteiger partial charge in [-0.05, 0) is 46.0 Å². The molecule has 26 heavy (non-hydrogen) atoms. The number of carbonyl (C=O) groups excluding carboxylic acids is 1. The Morgan fingerprint density at radius 2 is 2.08 bits per heavy atom. The average Bonchev–Trinajstić information content (AvgIpc) is 3.19. The number of rotatable bonds is 6. The third-order valence-corrected chi connectivity index (χ3v) is 4.62. The Balaban J connectivity index is 1.94. The summed E-state index contributed by atoms with van der Waals surface area (Å²) in [4.78, 5) is 13.9. The fourth-order valence-corrected chi connectivity index (χ4v) is 2.80. The second kappa shape index (κ2) is 8.75. The highest BCUT2D eigenvalue weighted by Gasteiger charge is 2.15. The molecule has 2 heterocycles. The number of nitrogens with zero attached hydrogens (tertiary/aromatic N) is 5. The average molecular weight is 375 g/mol. The molecule has 0 bridgehead atoms. The number of amides is 1. The highest BCUT2D eigenvalue weighted by atomic mass is 32.1. The predicted octanol–water partition coefficient (Wildman–Crippen LogP) is 2.28. The van der Waals surface area contributed by atoms with Gasteiger partial charge in [0.15, 0.2) is 5.11 Å². The highest BCUT2D eigenvalue weighted by Crippen LogP contribution is 2.15. The Morgan fingerprint density at radius 3 is 2.65 bits per heavy atom. The third kappa shape index (κ3) is 4.78. The van der Waals surface area contributed by atoms with Gasteiger partial charge in [-0.3, -0.25) is 19.5 Å². The summed E-state index contributed by atoms with van der Waals surface area (Å²) in [6, 6.07) is 0. The second-order valence-corrected chi connectivity index (χ2v) is 6.46. The van der Waals surface area contributed by atoms with Gasteiger partial charge < -0.3 is 4.90 Å². The molecule has 0 aromatic carbocycles. The number of aryl methyl sites for hydroxylation is 3. The summed E-state index contributed by atoms with van der Waals surface area (Å²) in [5.74, 6) is -0.260. The fraction of sp³-hybridized carbons (Fsp3) is 0.444. The van der Waals surface area contributed by atoms with Crippen molar-refractivity contribution in [1.29, 1.82) is 0 Å². The monoisotopic (exact) mass is 374 g/mol. The number of aromatic nitrogens is 4. The quantitative estimate of drug-likeness (QED) is 0.621. The molecule has 0 atom stereocenters. The van der Waals surface area contributed by atoms with Gasteiger partial charge >= 0.3 is 0 Å². The van der Waals surface area contributed by atoms with Crippen LogP contribution in [0.4, 0.5) is 0 Å². The van der Waals surface area contributed by atoms with Crippen molar-refractivity contribution in [1.82, 2.24) is 29.8 Å². The molecule has 0 radical (unpaired) electrons. The van der Waals surface area contributed by atoms with Crippen molar-refractivity contribution in [2.24, 2.45) is 0 Å². The minimum Gasteiger partial charge on any atom is -0.348 e. The molecule has 2 rings (SSSR count). The number of hydrogen-bond acceptors (Lipinski definition) is 4. The van der Waals surface area contributed by atoms with E-state index in [1.807, 2.05) is 43.6 Å². The van der Waals surface area contributed by atoms with E-state index in [4.69, 9.17) is 12.2 Å². The van der Waals surface area contributed by atoms with Crippen LogP contribution in [0.5, 0.6) is 0 Å². The van der Waals surface area contributed by atoms with Gasteiger partial charge in [-0.15, -0.1) is 0 Å². The molecule has 8 heteroatoms. The SMILES string of the molecule is CCn1cc(C=CC(=O)NC(=S)N(C)Cc2c(C)nn(CC)c2C)cn1. The van der Waals surface area contributed by atoms with E-state index >= 15 is 0 Å². The molecule has 1 N–H and O–H groups in total. The fourth-order valence-electron chi connectivity index (χ4n) is 2.63. The van der Waals surface area contributed by atoms with E-state index in [0.717, 1.165) is 35.6 Å². The molecular formula is C18H26N6OS. The lowest BCUT2D eigenvalue weighted by Crippen LogP contribution is -2.39. The van der Waals surface area contributed by atoms with Crippen molar-refractivity contribution >= 4 is 29.3 Å². The minimum absolute atomic E-state index is 0.260. The zero-order valence-corrected chi connectivity index (χ0v) is 16.8. The topological polar surface area (TPSA) is 68.0 Å². The van der Waals surface area contributed by atoms with Crippen molar-refractivity contribution in [2.45, 2.75) is 47.3 Å². The van der Waals surface area contributed by atoms with E-state index in [1.54, 1.807) is 17.0 Å². The molecule has 1 amide bonds. The number of hydrogen-bond donors (Lipinski definition) is 1. The Bertz CT molecular complexity index is 820. The Morgan fingerprint density at radius 1 is 1.35 bits per heavy atom. The molecule has 0 aliphatic carbocycles. The zero-order valence-electron chi connectivity index (χ0n) is 16.0. The molecule has 0 saturated carbocycles. The Kier molecular flexibility index (Phi) is 6.68. The molecule has 2 aromatic heterocycles. The van der Waals surface area contributed by atoms with Gasteiger partial charge in [-0.25, -0.2) is 0 Å². The zero-order chi connectivity index (χ0) is 19.3. The van der Waals surface area contributed by atoms with Crippen LogP contribution >= 0.6 is 12.2 Å². The molecule has 0 aliphatic rings. The standard InChI is InChI=1S/C18H26N6OS/c1-6-23-11-15(10-19-23)8-9-17(25)20-18(26)22(5)12-16-13(3)21-24(7-2)14(16)4/h8-11H,6-7,12H2,1-5H3,(H,20,25,26). The summed E-state index contributed by atoms with van der Waals surface area (Å²) >= 11 is 5.34. The van der Waals surface area contributed by atoms with Crippen molar-refractivity contribution < 1.29 is 4.79 Å². The lowest BCUT2D eigenvalue weighted by molar-refractivity contribution is -0.115. The molecule has 7 nitrogen and oxygen atoms in total. The third-order valence-electron chi connectivity index (χ3n) is 4.21. The minimum atomic E-state index is -0.260. The first-order valence-corrected chi connectivity index (χ1v) is 9.06. The highest BCUT2D eigenvalue weighted by molar-refractivity contribution is 7.80. The van der Waals surface area contributed by atoms with Crippen molar-refractivity contribution in [3.8, 4) is 0 Å². The first kappa shape index (κ1) is 19.8. The van der Waals surface area contributed by atoms with Gasteiger partial charge in [0, 0.05) is 55.8 Å². The maximum Gasteiger partial charge on any atom is 0.250 e. The maximum atomic E-state index is 12.1. The molecular weight excluding hydrogens is 348 g/mol. The van der Waals surface area contributed by atoms with Crippen LogP contribution in [0.1, 0.15) is 36.4 Å². The molecule has 0 fully saturated rings. The molecule has 140 valence electrons. The first-order valence-electron chi connectivity index (χ1n) is 8.65. The first-order chi connectivity index (χ1) is 12.3. The Hall–Kier alpha value is -2.48. The summed E-state index contributed by atoms with van der Waals surface area (Å²) in [7, 11) is 1.86. The van der Waals surface area contributed by atoms with Crippen LogP contribution in [0.3, 0.4) is 0 Å². The smallest absolute Gasteiger partial charge is 0.250 e. The van der Waals surface area contributed by atoms with Crippen molar-refractivity contribution in [2.75, 3.05) is 7.05 Å². The lowest BCUT2D eigenvalue weighted by Gasteiger charge is -2.20. The molecule has 0 saturated heterocycles. The van der Waals surface area contributed by atoms with E-state index in [9.17, 15) is 4.79 Å². The predicted molar refractivity (Wildman–Crippen MR) is 107 cm³/mol. The van der Waals surface area contributed by atoms with Gasteiger partial charge in [-0.2, -0.15) is 10.2 Å². The van der Waals surface area contributed by atoms with E-state index in [1.165, 1.54) is 6.08 Å². The van der Waals surface area contributed by atoms with E-state index in [-0.39, 0.29) is 5.91 Å². The van der Waals surface area contributed by atoms with Crippen LogP contribution in [-0.4, -0.2) is 42.5 Å². The van der Waals surface area contributed by atoms with Crippen LogP contribution in [0.25, 0.3) is 6.08 Å². The number of thiocarbonyl (C=S) groups is 1. The summed E-state index contributed by atoms with van der Waals surface area (Å²) in [5.41, 5.74) is 4.12. The van der Waals surface area contributed by atoms with Crippen molar-refractivity contribution in [3.63, 3.8) is 0 Å². The summed E-state index contributed by atoms with van der Waals surface area (Å²) in [5, 5.41) is 11.8. The molecule has 2 aromatic rings. The second-order valence-electron chi connectivity index (χ2n) is 6.08. The maximum absolute atomic E-state index is 12.1.